The van der Waals surface area contributed by atoms with Crippen LogP contribution in [-0.2, 0) is 16.1 Å². The molecule has 0 radical (unpaired) electrons. The van der Waals surface area contributed by atoms with Crippen LogP contribution in [0.2, 0.25) is 0 Å². The Labute approximate surface area is 137 Å². The van der Waals surface area contributed by atoms with Gasteiger partial charge in [-0.2, -0.15) is 4.98 Å². The smallest absolute Gasteiger partial charge is 0.327 e. The van der Waals surface area contributed by atoms with E-state index in [4.69, 9.17) is 14.2 Å². The predicted octanol–water partition coefficient (Wildman–Crippen LogP) is 1.15. The van der Waals surface area contributed by atoms with Crippen molar-refractivity contribution in [3.8, 4) is 11.5 Å². The first-order chi connectivity index (χ1) is 11.5. The van der Waals surface area contributed by atoms with E-state index in [1.165, 1.54) is 27.4 Å². The van der Waals surface area contributed by atoms with Crippen LogP contribution in [0.25, 0.3) is 16.6 Å². The second-order valence-electron chi connectivity index (χ2n) is 5.23. The first-order valence-corrected chi connectivity index (χ1v) is 7.22. The van der Waals surface area contributed by atoms with E-state index in [1.807, 2.05) is 0 Å². The van der Waals surface area contributed by atoms with Gasteiger partial charge in [0, 0.05) is 23.2 Å². The van der Waals surface area contributed by atoms with Crippen LogP contribution in [-0.4, -0.2) is 41.5 Å². The number of esters is 1. The molecule has 0 unspecified atom stereocenters. The van der Waals surface area contributed by atoms with Crippen LogP contribution in [0.1, 0.15) is 5.69 Å². The molecule has 3 aromatic rings. The molecule has 8 nitrogen and oxygen atoms in total. The highest BCUT2D eigenvalue weighted by molar-refractivity contribution is 5.95. The molecular formula is C16H17N3O5. The molecule has 2 aromatic heterocycles. The molecule has 0 aliphatic rings. The molecule has 0 saturated carbocycles. The van der Waals surface area contributed by atoms with Crippen LogP contribution in [0.3, 0.4) is 0 Å². The summed E-state index contributed by atoms with van der Waals surface area (Å²) in [5.74, 6) is 0.611. The Bertz CT molecular complexity index is 1000. The average Bonchev–Trinajstić information content (AvgIpc) is 2.86. The third-order valence-corrected chi connectivity index (χ3v) is 3.85. The summed E-state index contributed by atoms with van der Waals surface area (Å²) >= 11 is 0. The highest BCUT2D eigenvalue weighted by Gasteiger charge is 2.19. The van der Waals surface area contributed by atoms with Crippen molar-refractivity contribution in [3.05, 3.63) is 34.2 Å². The lowest BCUT2D eigenvalue weighted by Crippen LogP contribution is -2.19. The summed E-state index contributed by atoms with van der Waals surface area (Å²) in [4.78, 5) is 27.7. The molecule has 0 aliphatic carbocycles. The van der Waals surface area contributed by atoms with Crippen LogP contribution in [0.4, 0.5) is 0 Å². The normalized spacial score (nSPS) is 11.0. The maximum atomic E-state index is 11.8. The Hall–Kier alpha value is -3.03. The topological polar surface area (TPSA) is 84.1 Å². The summed E-state index contributed by atoms with van der Waals surface area (Å²) in [5, 5.41) is 0.678. The molecule has 0 N–H and O–H groups in total. The van der Waals surface area contributed by atoms with E-state index in [0.29, 0.717) is 33.7 Å². The second-order valence-corrected chi connectivity index (χ2v) is 5.23. The molecular weight excluding hydrogens is 314 g/mol. The predicted molar refractivity (Wildman–Crippen MR) is 86.8 cm³/mol. The number of carbonyl (C=O) groups excluding carboxylic acids is 1. The molecule has 2 heterocycles. The fourth-order valence-corrected chi connectivity index (χ4v) is 2.78. The number of aromatic nitrogens is 3. The fourth-order valence-electron chi connectivity index (χ4n) is 2.78. The summed E-state index contributed by atoms with van der Waals surface area (Å²) in [5.41, 5.74) is 1.43. The van der Waals surface area contributed by atoms with E-state index >= 15 is 0 Å². The number of benzene rings is 1. The fraction of sp³-hybridized carbons (Fsp3) is 0.312. The van der Waals surface area contributed by atoms with Crippen molar-refractivity contribution in [1.82, 2.24) is 14.2 Å². The van der Waals surface area contributed by atoms with E-state index in [9.17, 15) is 9.59 Å². The molecule has 1 aromatic carbocycles. The van der Waals surface area contributed by atoms with Gasteiger partial charge in [-0.3, -0.25) is 14.3 Å². The van der Waals surface area contributed by atoms with E-state index in [1.54, 1.807) is 28.3 Å². The third-order valence-electron chi connectivity index (χ3n) is 3.85. The van der Waals surface area contributed by atoms with Gasteiger partial charge in [-0.05, 0) is 13.0 Å². The molecule has 0 aliphatic heterocycles. The lowest BCUT2D eigenvalue weighted by Gasteiger charge is -2.10. The first-order valence-electron chi connectivity index (χ1n) is 7.22. The van der Waals surface area contributed by atoms with E-state index in [2.05, 4.69) is 4.98 Å². The van der Waals surface area contributed by atoms with Crippen molar-refractivity contribution in [2.24, 2.45) is 0 Å². The average molecular weight is 331 g/mol. The number of hydrogen-bond donors (Lipinski definition) is 0. The summed E-state index contributed by atoms with van der Waals surface area (Å²) in [6.07, 6.45) is 0. The van der Waals surface area contributed by atoms with Crippen LogP contribution in [0.15, 0.2) is 23.0 Å². The zero-order valence-electron chi connectivity index (χ0n) is 13.8. The largest absolute Gasteiger partial charge is 0.493 e. The van der Waals surface area contributed by atoms with E-state index in [-0.39, 0.29) is 12.1 Å². The first kappa shape index (κ1) is 15.9. The number of carbonyl (C=O) groups is 1. The SMILES string of the molecule is COC(=O)Cn1c2cc(OC)c(OC)cc2c2nc(=O)cc(C)n21. The number of hydrogen-bond acceptors (Lipinski definition) is 6. The summed E-state index contributed by atoms with van der Waals surface area (Å²) in [7, 11) is 4.39. The van der Waals surface area contributed by atoms with Crippen molar-refractivity contribution in [1.29, 1.82) is 0 Å². The zero-order valence-corrected chi connectivity index (χ0v) is 13.8. The molecule has 0 amide bonds. The summed E-state index contributed by atoms with van der Waals surface area (Å²) in [6.45, 7) is 1.74. The van der Waals surface area contributed by atoms with Crippen molar-refractivity contribution in [2.45, 2.75) is 13.5 Å². The quantitative estimate of drug-likeness (QED) is 0.667. The number of aryl methyl sites for hydroxylation is 1. The Morgan fingerprint density at radius 1 is 1.12 bits per heavy atom. The lowest BCUT2D eigenvalue weighted by atomic mass is 10.2. The Kier molecular flexibility index (Phi) is 3.88. The molecule has 0 spiro atoms. The molecule has 24 heavy (non-hydrogen) atoms. The molecule has 8 heteroatoms. The molecule has 3 rings (SSSR count). The van der Waals surface area contributed by atoms with Gasteiger partial charge in [0.1, 0.15) is 6.54 Å². The number of nitrogens with zero attached hydrogens (tertiary/aromatic N) is 3. The standard InChI is InChI=1S/C16H17N3O5/c1-9-5-14(20)17-16-10-6-12(22-2)13(23-3)7-11(10)18(19(9)16)8-15(21)24-4/h5-7H,8H2,1-4H3. The highest BCUT2D eigenvalue weighted by Crippen LogP contribution is 2.34. The van der Waals surface area contributed by atoms with Crippen LogP contribution in [0.5, 0.6) is 11.5 Å². The van der Waals surface area contributed by atoms with Gasteiger partial charge in [-0.15, -0.1) is 0 Å². The lowest BCUT2D eigenvalue weighted by molar-refractivity contribution is -0.141. The van der Waals surface area contributed by atoms with Crippen LogP contribution < -0.4 is 15.0 Å². The van der Waals surface area contributed by atoms with Crippen molar-refractivity contribution in [2.75, 3.05) is 21.3 Å². The second kappa shape index (κ2) is 5.88. The van der Waals surface area contributed by atoms with Gasteiger partial charge < -0.3 is 14.2 Å². The minimum atomic E-state index is -0.415. The van der Waals surface area contributed by atoms with E-state index in [0.717, 1.165) is 0 Å². The van der Waals surface area contributed by atoms with Crippen LogP contribution >= 0.6 is 0 Å². The van der Waals surface area contributed by atoms with Gasteiger partial charge in [0.05, 0.1) is 26.8 Å². The maximum Gasteiger partial charge on any atom is 0.327 e. The Morgan fingerprint density at radius 2 is 1.79 bits per heavy atom. The number of methoxy groups -OCH3 is 3. The summed E-state index contributed by atoms with van der Waals surface area (Å²) in [6, 6.07) is 4.90. The van der Waals surface area contributed by atoms with E-state index < -0.39 is 5.97 Å². The highest BCUT2D eigenvalue weighted by atomic mass is 16.5. The van der Waals surface area contributed by atoms with Gasteiger partial charge in [0.2, 0.25) is 0 Å². The monoisotopic (exact) mass is 331 g/mol. The number of rotatable bonds is 4. The van der Waals surface area contributed by atoms with Gasteiger partial charge in [0.15, 0.2) is 17.1 Å². The summed E-state index contributed by atoms with van der Waals surface area (Å²) < 4.78 is 18.8. The molecule has 126 valence electrons. The van der Waals surface area contributed by atoms with Gasteiger partial charge >= 0.3 is 5.97 Å². The molecule has 0 saturated heterocycles. The molecule has 0 bridgehead atoms. The molecule has 0 atom stereocenters. The maximum absolute atomic E-state index is 11.8. The van der Waals surface area contributed by atoms with Gasteiger partial charge in [0.25, 0.3) is 5.56 Å². The van der Waals surface area contributed by atoms with Crippen LogP contribution in [0, 0.1) is 6.92 Å². The number of fused-ring (bicyclic) bond motifs is 3. The van der Waals surface area contributed by atoms with Gasteiger partial charge in [-0.1, -0.05) is 0 Å². The van der Waals surface area contributed by atoms with Crippen molar-refractivity contribution >= 4 is 22.5 Å². The van der Waals surface area contributed by atoms with Crippen molar-refractivity contribution in [3.63, 3.8) is 0 Å². The van der Waals surface area contributed by atoms with Gasteiger partial charge in [-0.25, -0.2) is 4.52 Å². The minimum absolute atomic E-state index is 0.0304. The zero-order chi connectivity index (χ0) is 17.4. The van der Waals surface area contributed by atoms with Crippen molar-refractivity contribution < 1.29 is 19.0 Å². The minimum Gasteiger partial charge on any atom is -0.493 e. The third kappa shape index (κ3) is 2.36. The molecule has 0 fully saturated rings. The Balaban J connectivity index is 2.47. The Morgan fingerprint density at radius 3 is 2.42 bits per heavy atom. The number of ether oxygens (including phenoxy) is 3.